The summed E-state index contributed by atoms with van der Waals surface area (Å²) >= 11 is 0. The Labute approximate surface area is 125 Å². The van der Waals surface area contributed by atoms with Crippen LogP contribution < -0.4 is 10.5 Å². The fourth-order valence-corrected chi connectivity index (χ4v) is 3.52. The molecule has 3 N–H and O–H groups in total. The van der Waals surface area contributed by atoms with Gasteiger partial charge < -0.3 is 10.2 Å². The van der Waals surface area contributed by atoms with E-state index in [4.69, 9.17) is 5.14 Å². The second-order valence-electron chi connectivity index (χ2n) is 5.70. The Morgan fingerprint density at radius 2 is 1.86 bits per heavy atom. The van der Waals surface area contributed by atoms with Gasteiger partial charge in [-0.3, -0.25) is 4.79 Å². The average molecular weight is 311 g/mol. The maximum Gasteiger partial charge on any atom is 0.254 e. The van der Waals surface area contributed by atoms with Crippen LogP contribution in [0.1, 0.15) is 29.8 Å². The van der Waals surface area contributed by atoms with Crippen molar-refractivity contribution in [2.45, 2.75) is 37.8 Å². The molecule has 1 fully saturated rings. The van der Waals surface area contributed by atoms with E-state index < -0.39 is 10.0 Å². The summed E-state index contributed by atoms with van der Waals surface area (Å²) in [6.07, 6.45) is 0. The molecular weight excluding hydrogens is 290 g/mol. The molecule has 2 atom stereocenters. The van der Waals surface area contributed by atoms with E-state index in [1.807, 2.05) is 13.8 Å². The Bertz CT molecular complexity index is 647. The predicted octanol–water partition coefficient (Wildman–Crippen LogP) is 0.465. The Kier molecular flexibility index (Phi) is 4.36. The van der Waals surface area contributed by atoms with Gasteiger partial charge in [0, 0.05) is 30.7 Å². The number of nitrogens with two attached hydrogens (primary N) is 1. The van der Waals surface area contributed by atoms with Gasteiger partial charge in [-0.2, -0.15) is 0 Å². The Balaban J connectivity index is 2.32. The third kappa shape index (κ3) is 3.61. The van der Waals surface area contributed by atoms with Gasteiger partial charge in [0.1, 0.15) is 0 Å². The number of aryl methyl sites for hydroxylation is 1. The normalized spacial score (nSPS) is 23.1. The third-order valence-corrected chi connectivity index (χ3v) is 4.64. The van der Waals surface area contributed by atoms with Crippen LogP contribution in [0.4, 0.5) is 0 Å². The number of hydrogen-bond donors (Lipinski definition) is 2. The Morgan fingerprint density at radius 1 is 1.29 bits per heavy atom. The van der Waals surface area contributed by atoms with Crippen LogP contribution in [0, 0.1) is 6.92 Å². The number of carbonyl (C=O) groups excluding carboxylic acids is 1. The molecule has 0 aliphatic carbocycles. The van der Waals surface area contributed by atoms with Gasteiger partial charge in [-0.05, 0) is 38.5 Å². The topological polar surface area (TPSA) is 92.5 Å². The lowest BCUT2D eigenvalue weighted by atomic mass is 10.1. The molecule has 1 heterocycles. The lowest BCUT2D eigenvalue weighted by molar-refractivity contribution is 0.0673. The fourth-order valence-electron chi connectivity index (χ4n) is 2.71. The first kappa shape index (κ1) is 15.9. The summed E-state index contributed by atoms with van der Waals surface area (Å²) in [4.78, 5) is 14.3. The van der Waals surface area contributed by atoms with E-state index in [0.29, 0.717) is 24.2 Å². The van der Waals surface area contributed by atoms with Gasteiger partial charge in [0.05, 0.1) is 4.90 Å². The van der Waals surface area contributed by atoms with E-state index in [-0.39, 0.29) is 22.9 Å². The molecule has 0 spiro atoms. The van der Waals surface area contributed by atoms with E-state index in [1.54, 1.807) is 24.0 Å². The van der Waals surface area contributed by atoms with E-state index >= 15 is 0 Å². The number of carbonyl (C=O) groups is 1. The number of nitrogens with one attached hydrogen (secondary N) is 1. The van der Waals surface area contributed by atoms with Crippen LogP contribution in [0.5, 0.6) is 0 Å². The van der Waals surface area contributed by atoms with Crippen LogP contribution in [0.3, 0.4) is 0 Å². The van der Waals surface area contributed by atoms with Crippen LogP contribution in [0.15, 0.2) is 23.1 Å². The molecule has 7 heteroatoms. The molecule has 0 radical (unpaired) electrons. The first-order chi connectivity index (χ1) is 9.68. The lowest BCUT2D eigenvalue weighted by Crippen LogP contribution is -2.55. The molecule has 21 heavy (non-hydrogen) atoms. The van der Waals surface area contributed by atoms with Crippen LogP contribution in [0.25, 0.3) is 0 Å². The van der Waals surface area contributed by atoms with Crippen molar-refractivity contribution in [3.8, 4) is 0 Å². The quantitative estimate of drug-likeness (QED) is 0.830. The summed E-state index contributed by atoms with van der Waals surface area (Å²) in [5.41, 5.74) is 0.891. The average Bonchev–Trinajstić information content (AvgIpc) is 2.36. The zero-order valence-electron chi connectivity index (χ0n) is 12.5. The van der Waals surface area contributed by atoms with Crippen LogP contribution in [-0.4, -0.2) is 44.4 Å². The first-order valence-corrected chi connectivity index (χ1v) is 8.42. The summed E-state index contributed by atoms with van der Waals surface area (Å²) in [5, 5.41) is 8.54. The van der Waals surface area contributed by atoms with Gasteiger partial charge >= 0.3 is 0 Å². The van der Waals surface area contributed by atoms with Gasteiger partial charge in [0.15, 0.2) is 0 Å². The molecule has 1 aliphatic heterocycles. The smallest absolute Gasteiger partial charge is 0.254 e. The molecule has 6 nitrogen and oxygen atoms in total. The van der Waals surface area contributed by atoms with Crippen LogP contribution in [0.2, 0.25) is 0 Å². The number of nitrogens with zero attached hydrogens (tertiary/aromatic N) is 1. The third-order valence-electron chi connectivity index (χ3n) is 3.59. The predicted molar refractivity (Wildman–Crippen MR) is 80.5 cm³/mol. The molecular formula is C14H21N3O3S. The van der Waals surface area contributed by atoms with Gasteiger partial charge in [-0.15, -0.1) is 0 Å². The monoisotopic (exact) mass is 311 g/mol. The highest BCUT2D eigenvalue weighted by molar-refractivity contribution is 7.89. The number of amides is 1. The van der Waals surface area contributed by atoms with Crippen molar-refractivity contribution in [3.05, 3.63) is 29.3 Å². The standard InChI is InChI=1S/C14H21N3O3S/c1-9-4-5-12(6-13(9)21(15,19)20)14(18)17-7-10(2)16-11(3)8-17/h4-6,10-11,16H,7-8H2,1-3H3,(H2,15,19,20)/t10-,11-/m1/s1. The number of rotatable bonds is 2. The summed E-state index contributed by atoms with van der Waals surface area (Å²) in [6.45, 7) is 6.88. The van der Waals surface area contributed by atoms with E-state index in [9.17, 15) is 13.2 Å². The molecule has 116 valence electrons. The molecule has 1 aliphatic rings. The molecule has 0 saturated carbocycles. The molecule has 0 bridgehead atoms. The SMILES string of the molecule is Cc1ccc(C(=O)N2C[C@@H](C)N[C@H](C)C2)cc1S(N)(=O)=O. The largest absolute Gasteiger partial charge is 0.336 e. The molecule has 2 rings (SSSR count). The minimum atomic E-state index is -3.82. The van der Waals surface area contributed by atoms with Crippen molar-refractivity contribution in [2.24, 2.45) is 5.14 Å². The van der Waals surface area contributed by atoms with Crippen LogP contribution >= 0.6 is 0 Å². The lowest BCUT2D eigenvalue weighted by Gasteiger charge is -2.36. The van der Waals surface area contributed by atoms with Gasteiger partial charge in [0.2, 0.25) is 10.0 Å². The van der Waals surface area contributed by atoms with Gasteiger partial charge in [0.25, 0.3) is 5.91 Å². The first-order valence-electron chi connectivity index (χ1n) is 6.87. The van der Waals surface area contributed by atoms with E-state index in [1.165, 1.54) is 6.07 Å². The van der Waals surface area contributed by atoms with Crippen LogP contribution in [-0.2, 0) is 10.0 Å². The zero-order valence-corrected chi connectivity index (χ0v) is 13.3. The zero-order chi connectivity index (χ0) is 15.8. The van der Waals surface area contributed by atoms with E-state index in [2.05, 4.69) is 5.32 Å². The number of hydrogen-bond acceptors (Lipinski definition) is 4. The van der Waals surface area contributed by atoms with Crippen molar-refractivity contribution < 1.29 is 13.2 Å². The summed E-state index contributed by atoms with van der Waals surface area (Å²) in [7, 11) is -3.82. The second-order valence-corrected chi connectivity index (χ2v) is 7.23. The highest BCUT2D eigenvalue weighted by Gasteiger charge is 2.26. The van der Waals surface area contributed by atoms with Crippen molar-refractivity contribution in [1.82, 2.24) is 10.2 Å². The summed E-state index contributed by atoms with van der Waals surface area (Å²) < 4.78 is 23.1. The minimum Gasteiger partial charge on any atom is -0.336 e. The minimum absolute atomic E-state index is 0.00424. The molecule has 1 amide bonds. The number of piperazine rings is 1. The highest BCUT2D eigenvalue weighted by Crippen LogP contribution is 2.18. The summed E-state index contributed by atoms with van der Waals surface area (Å²) in [6, 6.07) is 5.04. The Morgan fingerprint density at radius 3 is 2.38 bits per heavy atom. The van der Waals surface area contributed by atoms with Crippen molar-refractivity contribution >= 4 is 15.9 Å². The molecule has 1 saturated heterocycles. The molecule has 1 aromatic rings. The van der Waals surface area contributed by atoms with Crippen molar-refractivity contribution in [3.63, 3.8) is 0 Å². The van der Waals surface area contributed by atoms with Crippen molar-refractivity contribution in [2.75, 3.05) is 13.1 Å². The fraction of sp³-hybridized carbons (Fsp3) is 0.500. The van der Waals surface area contributed by atoms with Crippen molar-refractivity contribution in [1.29, 1.82) is 0 Å². The maximum absolute atomic E-state index is 12.5. The second kappa shape index (κ2) is 5.75. The van der Waals surface area contributed by atoms with Gasteiger partial charge in [-0.1, -0.05) is 6.07 Å². The molecule has 0 aromatic heterocycles. The van der Waals surface area contributed by atoms with Gasteiger partial charge in [-0.25, -0.2) is 13.6 Å². The molecule has 1 aromatic carbocycles. The number of benzene rings is 1. The highest BCUT2D eigenvalue weighted by atomic mass is 32.2. The number of primary sulfonamides is 1. The summed E-state index contributed by atoms with van der Waals surface area (Å²) in [5.74, 6) is -0.167. The van der Waals surface area contributed by atoms with E-state index in [0.717, 1.165) is 0 Å². The number of sulfonamides is 1. The maximum atomic E-state index is 12.5. The molecule has 0 unspecified atom stereocenters. The Hall–Kier alpha value is -1.44.